The van der Waals surface area contributed by atoms with Crippen molar-refractivity contribution in [2.75, 3.05) is 31.1 Å². The molecule has 2 aliphatic rings. The van der Waals surface area contributed by atoms with E-state index >= 15 is 0 Å². The lowest BCUT2D eigenvalue weighted by Crippen LogP contribution is -2.44. The summed E-state index contributed by atoms with van der Waals surface area (Å²) in [5.41, 5.74) is 2.41. The molecule has 2 aliphatic heterocycles. The summed E-state index contributed by atoms with van der Waals surface area (Å²) in [5.74, 6) is 0.924. The van der Waals surface area contributed by atoms with Crippen LogP contribution in [0.3, 0.4) is 0 Å². The lowest BCUT2D eigenvalue weighted by Gasteiger charge is -2.37. The summed E-state index contributed by atoms with van der Waals surface area (Å²) < 4.78 is 5.51. The van der Waals surface area contributed by atoms with Gasteiger partial charge in [-0.25, -0.2) is 0 Å². The Balaban J connectivity index is 1.41. The number of benzene rings is 1. The number of likely N-dealkylation sites (tertiary alicyclic amines) is 1. The van der Waals surface area contributed by atoms with Gasteiger partial charge in [0.15, 0.2) is 0 Å². The molecule has 4 heteroatoms. The first-order valence-corrected chi connectivity index (χ1v) is 8.60. The van der Waals surface area contributed by atoms with Crippen molar-refractivity contribution in [1.29, 1.82) is 0 Å². The molecule has 0 bridgehead atoms. The molecule has 1 aromatic heterocycles. The van der Waals surface area contributed by atoms with Gasteiger partial charge in [0, 0.05) is 43.5 Å². The van der Waals surface area contributed by atoms with Gasteiger partial charge in [-0.1, -0.05) is 12.1 Å². The maximum absolute atomic E-state index is 9.72. The quantitative estimate of drug-likeness (QED) is 0.946. The zero-order valence-corrected chi connectivity index (χ0v) is 13.4. The lowest BCUT2D eigenvalue weighted by atomic mass is 10.0. The average molecular weight is 312 g/mol. The number of aliphatic hydroxyl groups is 1. The van der Waals surface area contributed by atoms with E-state index in [0.717, 1.165) is 43.9 Å². The fourth-order valence-corrected chi connectivity index (χ4v) is 3.89. The van der Waals surface area contributed by atoms with Crippen LogP contribution in [-0.2, 0) is 0 Å². The van der Waals surface area contributed by atoms with Gasteiger partial charge in [0.1, 0.15) is 5.76 Å². The van der Waals surface area contributed by atoms with Crippen molar-refractivity contribution < 1.29 is 9.52 Å². The monoisotopic (exact) mass is 312 g/mol. The number of furan rings is 1. The summed E-state index contributed by atoms with van der Waals surface area (Å²) in [6.07, 6.45) is 4.90. The molecule has 1 atom stereocenters. The molecule has 2 saturated heterocycles. The van der Waals surface area contributed by atoms with Gasteiger partial charge in [0.2, 0.25) is 0 Å². The summed E-state index contributed by atoms with van der Waals surface area (Å²) in [7, 11) is 0. The predicted octanol–water partition coefficient (Wildman–Crippen LogP) is 2.98. The first-order valence-electron chi connectivity index (χ1n) is 8.60. The molecule has 0 unspecified atom stereocenters. The van der Waals surface area contributed by atoms with E-state index in [-0.39, 0.29) is 6.10 Å². The van der Waals surface area contributed by atoms with Gasteiger partial charge in [0.25, 0.3) is 0 Å². The van der Waals surface area contributed by atoms with E-state index < -0.39 is 0 Å². The minimum atomic E-state index is -0.113. The second-order valence-electron chi connectivity index (χ2n) is 6.68. The van der Waals surface area contributed by atoms with E-state index in [2.05, 4.69) is 34.1 Å². The fraction of sp³-hybridized carbons (Fsp3) is 0.474. The number of nitrogens with zero attached hydrogens (tertiary/aromatic N) is 2. The van der Waals surface area contributed by atoms with Gasteiger partial charge < -0.3 is 14.4 Å². The van der Waals surface area contributed by atoms with Crippen LogP contribution in [0.5, 0.6) is 0 Å². The smallest absolute Gasteiger partial charge is 0.133 e. The lowest BCUT2D eigenvalue weighted by molar-refractivity contribution is 0.148. The molecule has 122 valence electrons. The van der Waals surface area contributed by atoms with E-state index in [0.29, 0.717) is 6.04 Å². The fourth-order valence-electron chi connectivity index (χ4n) is 3.89. The molecule has 3 heterocycles. The van der Waals surface area contributed by atoms with Crippen LogP contribution < -0.4 is 4.90 Å². The minimum Gasteiger partial charge on any atom is -0.464 e. The van der Waals surface area contributed by atoms with Crippen molar-refractivity contribution in [1.82, 2.24) is 4.90 Å². The molecule has 0 aliphatic carbocycles. The standard InChI is InChI=1S/C19H24N2O2/c22-18-8-11-21(14-18)16-6-9-20(10-7-16)17-4-1-3-15(13-17)19-5-2-12-23-19/h1-5,12-13,16,18,22H,6-11,14H2/t18-/m1/s1. The molecule has 1 N–H and O–H groups in total. The van der Waals surface area contributed by atoms with Crippen molar-refractivity contribution in [2.24, 2.45) is 0 Å². The van der Waals surface area contributed by atoms with Crippen LogP contribution in [0.4, 0.5) is 5.69 Å². The normalized spacial score (nSPS) is 23.5. The van der Waals surface area contributed by atoms with Gasteiger partial charge in [-0.05, 0) is 43.5 Å². The topological polar surface area (TPSA) is 39.9 Å². The van der Waals surface area contributed by atoms with E-state index in [9.17, 15) is 5.11 Å². The first kappa shape index (κ1) is 14.8. The van der Waals surface area contributed by atoms with Crippen LogP contribution in [-0.4, -0.2) is 48.3 Å². The zero-order chi connectivity index (χ0) is 15.6. The van der Waals surface area contributed by atoms with Gasteiger partial charge >= 0.3 is 0 Å². The highest BCUT2D eigenvalue weighted by Crippen LogP contribution is 2.28. The Morgan fingerprint density at radius 3 is 2.57 bits per heavy atom. The largest absolute Gasteiger partial charge is 0.464 e. The molecule has 4 nitrogen and oxygen atoms in total. The SMILES string of the molecule is O[C@@H]1CCN(C2CCN(c3cccc(-c4ccco4)c3)CC2)C1. The van der Waals surface area contributed by atoms with Crippen LogP contribution in [0, 0.1) is 0 Å². The van der Waals surface area contributed by atoms with E-state index in [4.69, 9.17) is 4.42 Å². The highest BCUT2D eigenvalue weighted by molar-refractivity contribution is 5.64. The second kappa shape index (κ2) is 6.38. The Bertz CT molecular complexity index is 633. The third-order valence-electron chi connectivity index (χ3n) is 5.19. The summed E-state index contributed by atoms with van der Waals surface area (Å²) in [6.45, 7) is 4.08. The van der Waals surface area contributed by atoms with Gasteiger partial charge in [-0.15, -0.1) is 0 Å². The summed E-state index contributed by atoms with van der Waals surface area (Å²) in [4.78, 5) is 4.94. The van der Waals surface area contributed by atoms with Gasteiger partial charge in [-0.3, -0.25) is 4.90 Å². The van der Waals surface area contributed by atoms with Crippen LogP contribution >= 0.6 is 0 Å². The molecular formula is C19H24N2O2. The van der Waals surface area contributed by atoms with Crippen molar-refractivity contribution in [2.45, 2.75) is 31.4 Å². The average Bonchev–Trinajstić information content (AvgIpc) is 3.27. The predicted molar refractivity (Wildman–Crippen MR) is 91.6 cm³/mol. The third-order valence-corrected chi connectivity index (χ3v) is 5.19. The molecule has 0 radical (unpaired) electrons. The number of rotatable bonds is 3. The highest BCUT2D eigenvalue weighted by atomic mass is 16.3. The maximum atomic E-state index is 9.72. The van der Waals surface area contributed by atoms with Gasteiger partial charge in [-0.2, -0.15) is 0 Å². The van der Waals surface area contributed by atoms with Crippen molar-refractivity contribution in [3.8, 4) is 11.3 Å². The Kier molecular flexibility index (Phi) is 4.10. The molecule has 4 rings (SSSR count). The Hall–Kier alpha value is -1.78. The second-order valence-corrected chi connectivity index (χ2v) is 6.68. The number of β-amino-alcohol motifs (C(OH)–C–C–N with tert-alkyl or cyclic N) is 1. The Labute approximate surface area is 137 Å². The van der Waals surface area contributed by atoms with Crippen LogP contribution in [0.1, 0.15) is 19.3 Å². The van der Waals surface area contributed by atoms with Crippen LogP contribution in [0.2, 0.25) is 0 Å². The van der Waals surface area contributed by atoms with E-state index in [1.54, 1.807) is 6.26 Å². The van der Waals surface area contributed by atoms with Crippen LogP contribution in [0.15, 0.2) is 47.1 Å². The Morgan fingerprint density at radius 2 is 1.87 bits per heavy atom. The summed E-state index contributed by atoms with van der Waals surface area (Å²) in [5, 5.41) is 9.72. The van der Waals surface area contributed by atoms with Gasteiger partial charge in [0.05, 0.1) is 12.4 Å². The number of piperidine rings is 1. The zero-order valence-electron chi connectivity index (χ0n) is 13.4. The van der Waals surface area contributed by atoms with E-state index in [1.165, 1.54) is 18.5 Å². The molecule has 2 aromatic rings. The molecule has 23 heavy (non-hydrogen) atoms. The number of anilines is 1. The van der Waals surface area contributed by atoms with Crippen molar-refractivity contribution in [3.05, 3.63) is 42.7 Å². The molecule has 0 amide bonds. The third kappa shape index (κ3) is 3.14. The molecular weight excluding hydrogens is 288 g/mol. The molecule has 0 spiro atoms. The molecule has 1 aromatic carbocycles. The van der Waals surface area contributed by atoms with Crippen molar-refractivity contribution >= 4 is 5.69 Å². The number of aliphatic hydroxyl groups excluding tert-OH is 1. The number of hydrogen-bond acceptors (Lipinski definition) is 4. The minimum absolute atomic E-state index is 0.113. The highest BCUT2D eigenvalue weighted by Gasteiger charge is 2.29. The maximum Gasteiger partial charge on any atom is 0.133 e. The first-order chi connectivity index (χ1) is 11.3. The van der Waals surface area contributed by atoms with E-state index in [1.807, 2.05) is 12.1 Å². The van der Waals surface area contributed by atoms with Crippen LogP contribution in [0.25, 0.3) is 11.3 Å². The number of hydrogen-bond donors (Lipinski definition) is 1. The summed E-state index contributed by atoms with van der Waals surface area (Å²) >= 11 is 0. The molecule has 2 fully saturated rings. The summed E-state index contributed by atoms with van der Waals surface area (Å²) in [6, 6.07) is 13.2. The van der Waals surface area contributed by atoms with Crippen molar-refractivity contribution in [3.63, 3.8) is 0 Å². The molecule has 0 saturated carbocycles. The Morgan fingerprint density at radius 1 is 1.00 bits per heavy atom.